The van der Waals surface area contributed by atoms with Crippen molar-refractivity contribution in [3.8, 4) is 0 Å². The molecule has 2 aliphatic rings. The molecule has 78 valence electrons. The van der Waals surface area contributed by atoms with E-state index < -0.39 is 0 Å². The minimum Gasteiger partial charge on any atom is -0.362 e. The summed E-state index contributed by atoms with van der Waals surface area (Å²) in [6.07, 6.45) is 0.413. The molecule has 3 nitrogen and oxygen atoms in total. The van der Waals surface area contributed by atoms with Crippen molar-refractivity contribution in [2.75, 3.05) is 4.90 Å². The van der Waals surface area contributed by atoms with Crippen molar-refractivity contribution in [2.24, 2.45) is 0 Å². The molecule has 0 unspecified atom stereocenters. The van der Waals surface area contributed by atoms with Gasteiger partial charge in [0.15, 0.2) is 0 Å². The zero-order valence-electron chi connectivity index (χ0n) is 8.81. The number of hydrogen-bond acceptors (Lipinski definition) is 2. The van der Waals surface area contributed by atoms with Crippen LogP contribution in [-0.2, 0) is 9.53 Å². The maximum Gasteiger partial charge on any atom is 0.224 e. The smallest absolute Gasteiger partial charge is 0.224 e. The van der Waals surface area contributed by atoms with Crippen LogP contribution in [0.3, 0.4) is 0 Å². The number of para-hydroxylation sites is 1. The summed E-state index contributed by atoms with van der Waals surface area (Å²) in [5.41, 5.74) is 2.16. The lowest BCUT2D eigenvalue weighted by molar-refractivity contribution is -0.117. The van der Waals surface area contributed by atoms with Gasteiger partial charge in [-0.25, -0.2) is 0 Å². The minimum atomic E-state index is 0.0869. The SMILES string of the molecule is CC(=O)N1c2ccccc2[C@@H]2O[C@@H]2[C@@H]1C. The van der Waals surface area contributed by atoms with E-state index in [2.05, 4.69) is 0 Å². The van der Waals surface area contributed by atoms with Crippen LogP contribution in [-0.4, -0.2) is 18.1 Å². The molecular weight excluding hydrogens is 190 g/mol. The number of rotatable bonds is 0. The molecule has 3 rings (SSSR count). The molecule has 0 aromatic heterocycles. The number of hydrogen-bond donors (Lipinski definition) is 0. The van der Waals surface area contributed by atoms with Crippen LogP contribution in [0, 0.1) is 0 Å². The summed E-state index contributed by atoms with van der Waals surface area (Å²) in [4.78, 5) is 13.4. The molecule has 3 heteroatoms. The number of ether oxygens (including phenoxy) is 1. The number of anilines is 1. The number of carbonyl (C=O) groups excluding carboxylic acids is 1. The van der Waals surface area contributed by atoms with Crippen molar-refractivity contribution in [3.63, 3.8) is 0 Å². The molecule has 0 spiro atoms. The molecule has 0 bridgehead atoms. The highest BCUT2D eigenvalue weighted by Gasteiger charge is 2.52. The van der Waals surface area contributed by atoms with Crippen LogP contribution in [0.1, 0.15) is 25.5 Å². The van der Waals surface area contributed by atoms with Gasteiger partial charge in [0.2, 0.25) is 5.91 Å². The Morgan fingerprint density at radius 2 is 2.13 bits per heavy atom. The zero-order valence-corrected chi connectivity index (χ0v) is 8.81. The lowest BCUT2D eigenvalue weighted by atomic mass is 9.97. The lowest BCUT2D eigenvalue weighted by Gasteiger charge is -2.31. The summed E-state index contributed by atoms with van der Waals surface area (Å²) in [5, 5.41) is 0. The van der Waals surface area contributed by atoms with Gasteiger partial charge in [-0.3, -0.25) is 4.79 Å². The maximum atomic E-state index is 11.6. The Morgan fingerprint density at radius 3 is 2.87 bits per heavy atom. The van der Waals surface area contributed by atoms with Crippen LogP contribution in [0.2, 0.25) is 0 Å². The normalized spacial score (nSPS) is 31.9. The zero-order chi connectivity index (χ0) is 10.6. The van der Waals surface area contributed by atoms with Crippen molar-refractivity contribution in [1.29, 1.82) is 0 Å². The molecule has 0 N–H and O–H groups in total. The first-order chi connectivity index (χ1) is 7.20. The number of carbonyl (C=O) groups is 1. The van der Waals surface area contributed by atoms with Gasteiger partial charge in [0.25, 0.3) is 0 Å². The molecule has 2 aliphatic heterocycles. The Bertz CT molecular complexity index is 429. The first-order valence-corrected chi connectivity index (χ1v) is 5.24. The summed E-state index contributed by atoms with van der Waals surface area (Å²) in [5.74, 6) is 0.0869. The Balaban J connectivity index is 2.14. The fraction of sp³-hybridized carbons (Fsp3) is 0.417. The monoisotopic (exact) mass is 203 g/mol. The fourth-order valence-electron chi connectivity index (χ4n) is 2.51. The second kappa shape index (κ2) is 2.83. The number of epoxide rings is 1. The third-order valence-corrected chi connectivity index (χ3v) is 3.25. The lowest BCUT2D eigenvalue weighted by Crippen LogP contribution is -2.43. The van der Waals surface area contributed by atoms with E-state index in [0.29, 0.717) is 0 Å². The average Bonchev–Trinajstić information content (AvgIpc) is 2.97. The molecule has 0 saturated carbocycles. The summed E-state index contributed by atoms with van der Waals surface area (Å²) < 4.78 is 5.60. The Kier molecular flexibility index (Phi) is 1.68. The number of amides is 1. The van der Waals surface area contributed by atoms with Gasteiger partial charge in [-0.1, -0.05) is 18.2 Å². The fourth-order valence-corrected chi connectivity index (χ4v) is 2.51. The summed E-state index contributed by atoms with van der Waals surface area (Å²) >= 11 is 0. The Morgan fingerprint density at radius 1 is 1.40 bits per heavy atom. The predicted molar refractivity (Wildman–Crippen MR) is 56.7 cm³/mol. The van der Waals surface area contributed by atoms with Gasteiger partial charge in [-0.05, 0) is 13.0 Å². The molecule has 0 radical (unpaired) electrons. The van der Waals surface area contributed by atoms with E-state index in [1.165, 1.54) is 0 Å². The topological polar surface area (TPSA) is 32.8 Å². The molecule has 1 aromatic carbocycles. The van der Waals surface area contributed by atoms with E-state index in [9.17, 15) is 4.79 Å². The van der Waals surface area contributed by atoms with Gasteiger partial charge in [-0.2, -0.15) is 0 Å². The highest BCUT2D eigenvalue weighted by molar-refractivity contribution is 5.94. The summed E-state index contributed by atoms with van der Waals surface area (Å²) in [7, 11) is 0. The van der Waals surface area contributed by atoms with E-state index in [1.807, 2.05) is 36.1 Å². The second-order valence-corrected chi connectivity index (χ2v) is 4.21. The first kappa shape index (κ1) is 8.92. The van der Waals surface area contributed by atoms with Crippen molar-refractivity contribution in [2.45, 2.75) is 32.1 Å². The van der Waals surface area contributed by atoms with Gasteiger partial charge in [0, 0.05) is 18.2 Å². The third kappa shape index (κ3) is 1.13. The average molecular weight is 203 g/mol. The highest BCUT2D eigenvalue weighted by atomic mass is 16.6. The van der Waals surface area contributed by atoms with E-state index in [-0.39, 0.29) is 24.2 Å². The standard InChI is InChI=1S/C12H13NO2/c1-7-11-12(15-11)9-5-3-4-6-10(9)13(7)8(2)14/h3-7,11-12H,1-2H3/t7-,11+,12-/m0/s1. The number of nitrogens with zero attached hydrogens (tertiary/aromatic N) is 1. The van der Waals surface area contributed by atoms with Crippen LogP contribution in [0.4, 0.5) is 5.69 Å². The molecule has 1 fully saturated rings. The van der Waals surface area contributed by atoms with Gasteiger partial charge < -0.3 is 9.64 Å². The molecule has 3 atom stereocenters. The van der Waals surface area contributed by atoms with E-state index in [1.54, 1.807) is 6.92 Å². The van der Waals surface area contributed by atoms with Gasteiger partial charge in [0.1, 0.15) is 12.2 Å². The van der Waals surface area contributed by atoms with Crippen LogP contribution >= 0.6 is 0 Å². The highest BCUT2D eigenvalue weighted by Crippen LogP contribution is 2.50. The molecule has 2 heterocycles. The van der Waals surface area contributed by atoms with Crippen molar-refractivity contribution < 1.29 is 9.53 Å². The maximum absolute atomic E-state index is 11.6. The predicted octanol–water partition coefficient (Wildman–Crippen LogP) is 1.88. The Labute approximate surface area is 88.6 Å². The van der Waals surface area contributed by atoms with Crippen LogP contribution in [0.5, 0.6) is 0 Å². The Hall–Kier alpha value is -1.35. The van der Waals surface area contributed by atoms with E-state index in [4.69, 9.17) is 4.74 Å². The van der Waals surface area contributed by atoms with E-state index in [0.717, 1.165) is 11.3 Å². The number of benzene rings is 1. The van der Waals surface area contributed by atoms with Crippen LogP contribution in [0.15, 0.2) is 24.3 Å². The van der Waals surface area contributed by atoms with Gasteiger partial charge in [-0.15, -0.1) is 0 Å². The molecular formula is C12H13NO2. The summed E-state index contributed by atoms with van der Waals surface area (Å²) in [6.45, 7) is 3.65. The third-order valence-electron chi connectivity index (χ3n) is 3.25. The van der Waals surface area contributed by atoms with Crippen molar-refractivity contribution >= 4 is 11.6 Å². The molecule has 15 heavy (non-hydrogen) atoms. The number of fused-ring (bicyclic) bond motifs is 3. The molecule has 1 aromatic rings. The van der Waals surface area contributed by atoms with Gasteiger partial charge in [0.05, 0.1) is 6.04 Å². The van der Waals surface area contributed by atoms with Crippen molar-refractivity contribution in [1.82, 2.24) is 0 Å². The van der Waals surface area contributed by atoms with Crippen LogP contribution < -0.4 is 4.90 Å². The quantitative estimate of drug-likeness (QED) is 0.603. The van der Waals surface area contributed by atoms with E-state index >= 15 is 0 Å². The molecule has 0 aliphatic carbocycles. The first-order valence-electron chi connectivity index (χ1n) is 5.24. The minimum absolute atomic E-state index is 0.0869. The van der Waals surface area contributed by atoms with Gasteiger partial charge >= 0.3 is 0 Å². The van der Waals surface area contributed by atoms with Crippen LogP contribution in [0.25, 0.3) is 0 Å². The largest absolute Gasteiger partial charge is 0.362 e. The molecule has 1 amide bonds. The molecule has 1 saturated heterocycles. The second-order valence-electron chi connectivity index (χ2n) is 4.21. The van der Waals surface area contributed by atoms with Crippen molar-refractivity contribution in [3.05, 3.63) is 29.8 Å². The summed E-state index contributed by atoms with van der Waals surface area (Å²) in [6, 6.07) is 8.14.